The number of nitrogens with one attached hydrogen (secondary N) is 1. The molecule has 1 aromatic rings. The largest absolute Gasteiger partial charge is 0.489 e. The molecule has 3 heteroatoms. The van der Waals surface area contributed by atoms with E-state index in [1.165, 1.54) is 5.56 Å². The fourth-order valence-corrected chi connectivity index (χ4v) is 1.82. The first-order chi connectivity index (χ1) is 7.38. The first-order valence-corrected chi connectivity index (χ1v) is 5.55. The van der Waals surface area contributed by atoms with Gasteiger partial charge in [-0.1, -0.05) is 12.1 Å². The van der Waals surface area contributed by atoms with Crippen molar-refractivity contribution in [3.63, 3.8) is 0 Å². The van der Waals surface area contributed by atoms with Crippen LogP contribution < -0.4 is 15.8 Å². The maximum Gasteiger partial charge on any atom is 0.119 e. The summed E-state index contributed by atoms with van der Waals surface area (Å²) in [6.07, 6.45) is 2.38. The van der Waals surface area contributed by atoms with Crippen molar-refractivity contribution < 1.29 is 4.74 Å². The van der Waals surface area contributed by atoms with Gasteiger partial charge in [0.1, 0.15) is 11.9 Å². The third-order valence-electron chi connectivity index (χ3n) is 2.67. The van der Waals surface area contributed by atoms with Crippen LogP contribution in [-0.2, 0) is 6.42 Å². The lowest BCUT2D eigenvalue weighted by atomic mass is 10.1. The quantitative estimate of drug-likeness (QED) is 0.770. The van der Waals surface area contributed by atoms with Gasteiger partial charge in [0, 0.05) is 6.54 Å². The fraction of sp³-hybridized carbons (Fsp3) is 0.500. The number of ether oxygens (including phenoxy) is 1. The van der Waals surface area contributed by atoms with E-state index in [2.05, 4.69) is 17.4 Å². The van der Waals surface area contributed by atoms with Crippen LogP contribution in [0.2, 0.25) is 0 Å². The number of nitrogens with two attached hydrogens (primary N) is 1. The molecule has 1 atom stereocenters. The summed E-state index contributed by atoms with van der Waals surface area (Å²) < 4.78 is 5.81. The molecule has 2 rings (SSSR count). The lowest BCUT2D eigenvalue weighted by Gasteiger charge is -2.12. The van der Waals surface area contributed by atoms with Gasteiger partial charge in [-0.25, -0.2) is 0 Å². The topological polar surface area (TPSA) is 47.3 Å². The van der Waals surface area contributed by atoms with Crippen molar-refractivity contribution in [2.24, 2.45) is 5.73 Å². The third kappa shape index (κ3) is 2.94. The van der Waals surface area contributed by atoms with E-state index in [-0.39, 0.29) is 0 Å². The zero-order chi connectivity index (χ0) is 10.5. The molecule has 15 heavy (non-hydrogen) atoms. The van der Waals surface area contributed by atoms with Crippen molar-refractivity contribution in [1.29, 1.82) is 0 Å². The highest BCUT2D eigenvalue weighted by Crippen LogP contribution is 2.16. The van der Waals surface area contributed by atoms with Gasteiger partial charge in [-0.15, -0.1) is 0 Å². The van der Waals surface area contributed by atoms with E-state index in [4.69, 9.17) is 10.5 Å². The van der Waals surface area contributed by atoms with Crippen molar-refractivity contribution in [2.45, 2.75) is 18.9 Å². The van der Waals surface area contributed by atoms with Crippen molar-refractivity contribution >= 4 is 0 Å². The minimum Gasteiger partial charge on any atom is -0.489 e. The highest BCUT2D eigenvalue weighted by Gasteiger charge is 2.15. The van der Waals surface area contributed by atoms with Crippen LogP contribution in [0.3, 0.4) is 0 Å². The van der Waals surface area contributed by atoms with E-state index in [1.807, 2.05) is 12.1 Å². The van der Waals surface area contributed by atoms with Gasteiger partial charge in [0.15, 0.2) is 0 Å². The molecule has 0 radical (unpaired) electrons. The first kappa shape index (κ1) is 10.5. The predicted octanol–water partition coefficient (Wildman–Crippen LogP) is 0.928. The van der Waals surface area contributed by atoms with Gasteiger partial charge in [0.05, 0.1) is 0 Å². The second kappa shape index (κ2) is 5.14. The lowest BCUT2D eigenvalue weighted by Crippen LogP contribution is -2.19. The molecule has 1 saturated heterocycles. The zero-order valence-electron chi connectivity index (χ0n) is 8.91. The molecule has 1 aliphatic heterocycles. The van der Waals surface area contributed by atoms with Crippen LogP contribution >= 0.6 is 0 Å². The smallest absolute Gasteiger partial charge is 0.119 e. The Hall–Kier alpha value is -1.06. The molecule has 0 spiro atoms. The Bertz CT molecular complexity index is 291. The van der Waals surface area contributed by atoms with Crippen LogP contribution in [0.5, 0.6) is 5.75 Å². The van der Waals surface area contributed by atoms with E-state index >= 15 is 0 Å². The van der Waals surface area contributed by atoms with Gasteiger partial charge < -0.3 is 15.8 Å². The van der Waals surface area contributed by atoms with Gasteiger partial charge >= 0.3 is 0 Å². The summed E-state index contributed by atoms with van der Waals surface area (Å²) >= 11 is 0. The molecule has 82 valence electrons. The zero-order valence-corrected chi connectivity index (χ0v) is 8.91. The van der Waals surface area contributed by atoms with Gasteiger partial charge in [-0.05, 0) is 43.6 Å². The first-order valence-electron chi connectivity index (χ1n) is 5.55. The van der Waals surface area contributed by atoms with Gasteiger partial charge in [-0.2, -0.15) is 0 Å². The molecule has 1 heterocycles. The molecule has 0 amide bonds. The van der Waals surface area contributed by atoms with Crippen LogP contribution in [-0.4, -0.2) is 25.7 Å². The normalized spacial score (nSPS) is 20.5. The SMILES string of the molecule is NCCc1ccc(O[C@@H]2CCNC2)cc1. The summed E-state index contributed by atoms with van der Waals surface area (Å²) in [5, 5.41) is 3.28. The summed E-state index contributed by atoms with van der Waals surface area (Å²) in [7, 11) is 0. The van der Waals surface area contributed by atoms with Crippen LogP contribution in [0.15, 0.2) is 24.3 Å². The number of hydrogen-bond donors (Lipinski definition) is 2. The monoisotopic (exact) mass is 206 g/mol. The molecule has 1 fully saturated rings. The van der Waals surface area contributed by atoms with Crippen molar-refractivity contribution in [1.82, 2.24) is 5.32 Å². The Balaban J connectivity index is 1.91. The Morgan fingerprint density at radius 2 is 2.13 bits per heavy atom. The summed E-state index contributed by atoms with van der Waals surface area (Å²) in [6.45, 7) is 2.73. The van der Waals surface area contributed by atoms with Crippen LogP contribution in [0, 0.1) is 0 Å². The molecule has 3 N–H and O–H groups in total. The summed E-state index contributed by atoms with van der Waals surface area (Å²) in [5.74, 6) is 0.962. The average molecular weight is 206 g/mol. The van der Waals surface area contributed by atoms with E-state index in [0.717, 1.165) is 31.7 Å². The van der Waals surface area contributed by atoms with Crippen LogP contribution in [0.1, 0.15) is 12.0 Å². The second-order valence-corrected chi connectivity index (χ2v) is 3.92. The van der Waals surface area contributed by atoms with Gasteiger partial charge in [0.2, 0.25) is 0 Å². The second-order valence-electron chi connectivity index (χ2n) is 3.92. The highest BCUT2D eigenvalue weighted by atomic mass is 16.5. The minimum atomic E-state index is 0.338. The lowest BCUT2D eigenvalue weighted by molar-refractivity contribution is 0.223. The maximum atomic E-state index is 5.81. The molecule has 0 aromatic heterocycles. The number of benzene rings is 1. The maximum absolute atomic E-state index is 5.81. The Morgan fingerprint density at radius 3 is 2.73 bits per heavy atom. The molecule has 0 unspecified atom stereocenters. The average Bonchev–Trinajstić information content (AvgIpc) is 2.74. The van der Waals surface area contributed by atoms with Gasteiger partial charge in [-0.3, -0.25) is 0 Å². The Morgan fingerprint density at radius 1 is 1.33 bits per heavy atom. The Kier molecular flexibility index (Phi) is 3.59. The van der Waals surface area contributed by atoms with Crippen LogP contribution in [0.4, 0.5) is 0 Å². The molecule has 1 aliphatic rings. The highest BCUT2D eigenvalue weighted by molar-refractivity contribution is 5.27. The Labute approximate surface area is 90.6 Å². The molecule has 1 aromatic carbocycles. The molecule has 0 bridgehead atoms. The number of hydrogen-bond acceptors (Lipinski definition) is 3. The van der Waals surface area contributed by atoms with Gasteiger partial charge in [0.25, 0.3) is 0 Å². The van der Waals surface area contributed by atoms with E-state index < -0.39 is 0 Å². The molecular formula is C12H18N2O. The van der Waals surface area contributed by atoms with E-state index in [0.29, 0.717) is 12.6 Å². The number of rotatable bonds is 4. The minimum absolute atomic E-state index is 0.338. The predicted molar refractivity (Wildman–Crippen MR) is 61.1 cm³/mol. The fourth-order valence-electron chi connectivity index (χ4n) is 1.82. The molecular weight excluding hydrogens is 188 g/mol. The standard InChI is InChI=1S/C12H18N2O/c13-7-5-10-1-3-11(4-2-10)15-12-6-8-14-9-12/h1-4,12,14H,5-9,13H2/t12-/m1/s1. The summed E-state index contributed by atoms with van der Waals surface area (Å²) in [6, 6.07) is 8.24. The summed E-state index contributed by atoms with van der Waals surface area (Å²) in [4.78, 5) is 0. The molecule has 0 saturated carbocycles. The summed E-state index contributed by atoms with van der Waals surface area (Å²) in [5.41, 5.74) is 6.76. The van der Waals surface area contributed by atoms with Crippen molar-refractivity contribution in [3.05, 3.63) is 29.8 Å². The third-order valence-corrected chi connectivity index (χ3v) is 2.67. The van der Waals surface area contributed by atoms with E-state index in [1.54, 1.807) is 0 Å². The van der Waals surface area contributed by atoms with Crippen molar-refractivity contribution in [3.8, 4) is 5.75 Å². The van der Waals surface area contributed by atoms with Crippen LogP contribution in [0.25, 0.3) is 0 Å². The molecule has 3 nitrogen and oxygen atoms in total. The van der Waals surface area contributed by atoms with E-state index in [9.17, 15) is 0 Å². The van der Waals surface area contributed by atoms with Crippen molar-refractivity contribution in [2.75, 3.05) is 19.6 Å². The molecule has 0 aliphatic carbocycles.